The van der Waals surface area contributed by atoms with Crippen LogP contribution in [0.4, 0.5) is 0 Å². The lowest BCUT2D eigenvalue weighted by Crippen LogP contribution is -2.21. The molecule has 1 rings (SSSR count). The lowest BCUT2D eigenvalue weighted by Gasteiger charge is -2.16. The van der Waals surface area contributed by atoms with Crippen LogP contribution >= 0.6 is 92.6 Å². The summed E-state index contributed by atoms with van der Waals surface area (Å²) in [5.74, 6) is 0. The first-order valence-corrected chi connectivity index (χ1v) is 9.96. The quantitative estimate of drug-likeness (QED) is 0.372. The van der Waals surface area contributed by atoms with Crippen LogP contribution in [0, 0.1) is 0 Å². The van der Waals surface area contributed by atoms with Crippen LogP contribution in [-0.2, 0) is 9.84 Å². The van der Waals surface area contributed by atoms with Crippen molar-refractivity contribution >= 4 is 102 Å². The van der Waals surface area contributed by atoms with Gasteiger partial charge in [0.25, 0.3) is 3.00 Å². The highest BCUT2D eigenvalue weighted by atomic mass is 79.9. The first kappa shape index (κ1) is 16.9. The summed E-state index contributed by atoms with van der Waals surface area (Å²) in [5, 5.41) is 0. The molecule has 0 aliphatic carbocycles. The lowest BCUT2D eigenvalue weighted by atomic mass is 10.4. The zero-order valence-electron chi connectivity index (χ0n) is 7.56. The maximum Gasteiger partial charge on any atom is 0.282 e. The minimum Gasteiger partial charge on any atom is -0.220 e. The number of hydrogen-bond acceptors (Lipinski definition) is 3. The number of alkyl halides is 2. The van der Waals surface area contributed by atoms with E-state index in [1.165, 1.54) is 12.1 Å². The monoisotopic (exact) mass is 524 g/mol. The Morgan fingerprint density at radius 2 is 1.53 bits per heavy atom. The first-order valence-electron chi connectivity index (χ1n) is 3.70. The molecule has 0 amide bonds. The maximum absolute atomic E-state index is 12.1. The van der Waals surface area contributed by atoms with Gasteiger partial charge < -0.3 is 0 Å². The molecule has 2 nitrogen and oxygen atoms in total. The molecule has 1 aromatic rings. The molecule has 0 radical (unpaired) electrons. The van der Waals surface area contributed by atoms with E-state index in [1.54, 1.807) is 0 Å². The van der Waals surface area contributed by atoms with Crippen molar-refractivity contribution < 1.29 is 8.42 Å². The summed E-state index contributed by atoms with van der Waals surface area (Å²) in [6, 6.07) is 2.77. The molecule has 96 valence electrons. The molecule has 0 fully saturated rings. The van der Waals surface area contributed by atoms with E-state index in [9.17, 15) is 8.42 Å². The fourth-order valence-electron chi connectivity index (χ4n) is 0.866. The average Bonchev–Trinajstić information content (AvgIpc) is 2.24. The zero-order valence-corrected chi connectivity index (χ0v) is 16.2. The van der Waals surface area contributed by atoms with Crippen LogP contribution in [0.5, 0.6) is 0 Å². The maximum atomic E-state index is 12.1. The summed E-state index contributed by atoms with van der Waals surface area (Å²) in [6.45, 7) is 0. The summed E-state index contributed by atoms with van der Waals surface area (Å²) in [4.78, 5) is -0.0439. The van der Waals surface area contributed by atoms with Gasteiger partial charge in [0.15, 0.2) is 0 Å². The van der Waals surface area contributed by atoms with Crippen molar-refractivity contribution in [3.8, 4) is 0 Å². The molecule has 10 heteroatoms. The van der Waals surface area contributed by atoms with Gasteiger partial charge in [-0.25, -0.2) is 8.42 Å². The minimum absolute atomic E-state index is 0.0439. The summed E-state index contributed by atoms with van der Waals surface area (Å²) in [7, 11) is 1.73. The van der Waals surface area contributed by atoms with E-state index in [4.69, 9.17) is 33.9 Å². The first-order chi connectivity index (χ1) is 7.63. The van der Waals surface area contributed by atoms with Gasteiger partial charge in [-0.1, -0.05) is 23.2 Å². The molecule has 0 saturated heterocycles. The lowest BCUT2D eigenvalue weighted by molar-refractivity contribution is 0.597. The summed E-state index contributed by atoms with van der Waals surface area (Å²) >= 11 is 21.0. The van der Waals surface area contributed by atoms with Crippen LogP contribution in [-0.4, -0.2) is 11.4 Å². The third kappa shape index (κ3) is 3.48. The fourth-order valence-corrected chi connectivity index (χ4v) is 5.31. The Kier molecular flexibility index (Phi) is 6.03. The molecule has 17 heavy (non-hydrogen) atoms. The number of halogens is 6. The van der Waals surface area contributed by atoms with Gasteiger partial charge in [-0.05, 0) is 70.6 Å². The van der Waals surface area contributed by atoms with E-state index >= 15 is 0 Å². The summed E-state index contributed by atoms with van der Waals surface area (Å²) in [6.07, 6.45) is 0. The summed E-state index contributed by atoms with van der Waals surface area (Å²) < 4.78 is 23.8. The second-order valence-corrected chi connectivity index (χ2v) is 11.0. The van der Waals surface area contributed by atoms with Gasteiger partial charge in [0.1, 0.15) is 0 Å². The number of rotatable bonds is 3. The normalized spacial score (nSPS) is 12.8. The molecular formula is C7H2Br3Cl3O2S2. The van der Waals surface area contributed by atoms with E-state index in [2.05, 4.69) is 47.8 Å². The Morgan fingerprint density at radius 3 is 1.88 bits per heavy atom. The number of benzene rings is 1. The van der Waals surface area contributed by atoms with Gasteiger partial charge in [0.2, 0.25) is 9.84 Å². The Bertz CT molecular complexity index is 524. The number of sulfone groups is 1. The second kappa shape index (κ2) is 6.08. The van der Waals surface area contributed by atoms with Crippen LogP contribution in [0.25, 0.3) is 0 Å². The molecule has 0 unspecified atom stereocenters. The van der Waals surface area contributed by atoms with Crippen LogP contribution in [0.15, 0.2) is 30.4 Å². The van der Waals surface area contributed by atoms with E-state index < -0.39 is 12.8 Å². The van der Waals surface area contributed by atoms with Crippen LogP contribution in [0.2, 0.25) is 0 Å². The van der Waals surface area contributed by atoms with E-state index in [-0.39, 0.29) is 4.90 Å². The Balaban J connectivity index is 3.46. The van der Waals surface area contributed by atoms with Crippen molar-refractivity contribution in [1.82, 2.24) is 0 Å². The average molecular weight is 528 g/mol. The van der Waals surface area contributed by atoms with Crippen molar-refractivity contribution in [3.63, 3.8) is 0 Å². The van der Waals surface area contributed by atoms with Gasteiger partial charge in [-0.3, -0.25) is 0 Å². The SMILES string of the molecule is O=S(=O)(c1cc(Br)c(Br)c(Br)c1)C(Cl)(Cl)SCl. The highest BCUT2D eigenvalue weighted by Crippen LogP contribution is 2.47. The Hall–Kier alpha value is 1.83. The smallest absolute Gasteiger partial charge is 0.220 e. The van der Waals surface area contributed by atoms with E-state index in [0.29, 0.717) is 24.4 Å². The van der Waals surface area contributed by atoms with Crippen molar-refractivity contribution in [2.45, 2.75) is 7.89 Å². The molecule has 0 N–H and O–H groups in total. The van der Waals surface area contributed by atoms with Crippen LogP contribution in [0.1, 0.15) is 0 Å². The summed E-state index contributed by atoms with van der Waals surface area (Å²) in [5.41, 5.74) is 0. The van der Waals surface area contributed by atoms with E-state index in [1.807, 2.05) is 0 Å². The highest BCUT2D eigenvalue weighted by molar-refractivity contribution is 9.14. The second-order valence-electron chi connectivity index (χ2n) is 2.74. The van der Waals surface area contributed by atoms with Gasteiger partial charge in [0.05, 0.1) is 4.90 Å². The predicted molar refractivity (Wildman–Crippen MR) is 84.6 cm³/mol. The highest BCUT2D eigenvalue weighted by Gasteiger charge is 2.42. The molecule has 0 aliphatic rings. The zero-order chi connectivity index (χ0) is 13.4. The Labute approximate surface area is 143 Å². The molecule has 0 heterocycles. The standard InChI is InChI=1S/C7H2Br3Cl3O2S2/c8-4-1-3(2-5(9)6(4)10)17(14,15)7(11,12)16-13/h1-2H. The predicted octanol–water partition coefficient (Wildman–Crippen LogP) is 5.72. The van der Waals surface area contributed by atoms with Crippen molar-refractivity contribution in [1.29, 1.82) is 0 Å². The third-order valence-electron chi connectivity index (χ3n) is 1.67. The van der Waals surface area contributed by atoms with Gasteiger partial charge >= 0.3 is 0 Å². The van der Waals surface area contributed by atoms with Crippen molar-refractivity contribution in [2.75, 3.05) is 0 Å². The van der Waals surface area contributed by atoms with Crippen molar-refractivity contribution in [3.05, 3.63) is 25.6 Å². The molecule has 0 aromatic heterocycles. The van der Waals surface area contributed by atoms with Crippen molar-refractivity contribution in [2.24, 2.45) is 0 Å². The van der Waals surface area contributed by atoms with Gasteiger partial charge in [0, 0.05) is 24.4 Å². The van der Waals surface area contributed by atoms with Crippen LogP contribution < -0.4 is 0 Å². The minimum atomic E-state index is -3.97. The third-order valence-corrected chi connectivity index (χ3v) is 10.5. The molecule has 1 aromatic carbocycles. The van der Waals surface area contributed by atoms with Gasteiger partial charge in [-0.2, -0.15) is 0 Å². The molecule has 0 atom stereocenters. The van der Waals surface area contributed by atoms with Crippen LogP contribution in [0.3, 0.4) is 0 Å². The Morgan fingerprint density at radius 1 is 1.12 bits per heavy atom. The fraction of sp³-hybridized carbons (Fsp3) is 0.143. The van der Waals surface area contributed by atoms with Gasteiger partial charge in [-0.15, -0.1) is 0 Å². The number of hydrogen-bond donors (Lipinski definition) is 0. The molecule has 0 saturated carbocycles. The molecule has 0 bridgehead atoms. The molecule has 0 aliphatic heterocycles. The van der Waals surface area contributed by atoms with E-state index in [0.717, 1.165) is 0 Å². The molecule has 0 spiro atoms. The topological polar surface area (TPSA) is 34.1 Å². The largest absolute Gasteiger partial charge is 0.282 e. The molecular weight excluding hydrogens is 526 g/mol.